The number of nitrogens with two attached hydrogens (primary N) is 1. The molecule has 1 aromatic carbocycles. The second kappa shape index (κ2) is 6.33. The van der Waals surface area contributed by atoms with Crippen LogP contribution in [-0.2, 0) is 0 Å². The van der Waals surface area contributed by atoms with E-state index in [0.29, 0.717) is 11.7 Å². The molecule has 20 heavy (non-hydrogen) atoms. The molecule has 0 atom stereocenters. The lowest BCUT2D eigenvalue weighted by molar-refractivity contribution is 0.438. The molecule has 9 heteroatoms. The number of rotatable bonds is 4. The lowest BCUT2D eigenvalue weighted by atomic mass is 10.3. The fourth-order valence-corrected chi connectivity index (χ4v) is 2.44. The number of hydrazine groups is 1. The van der Waals surface area contributed by atoms with Crippen molar-refractivity contribution in [3.05, 3.63) is 27.1 Å². The normalized spacial score (nSPS) is 10.2. The summed E-state index contributed by atoms with van der Waals surface area (Å²) in [5.74, 6) is 6.60. The van der Waals surface area contributed by atoms with E-state index in [1.807, 2.05) is 26.2 Å². The van der Waals surface area contributed by atoms with E-state index in [0.717, 1.165) is 8.95 Å². The zero-order valence-electron chi connectivity index (χ0n) is 10.8. The van der Waals surface area contributed by atoms with Crippen molar-refractivity contribution in [2.75, 3.05) is 24.4 Å². The quantitative estimate of drug-likeness (QED) is 0.598. The zero-order chi connectivity index (χ0) is 14.7. The fourth-order valence-electron chi connectivity index (χ4n) is 1.31. The SMILES string of the molecule is CN(C)c1nc(NN)nc(Oc2ccc(Br)cc2Br)n1. The first kappa shape index (κ1) is 14.9. The lowest BCUT2D eigenvalue weighted by Gasteiger charge is -2.13. The molecule has 0 saturated carbocycles. The van der Waals surface area contributed by atoms with Gasteiger partial charge in [0.1, 0.15) is 5.75 Å². The number of aromatic nitrogens is 3. The molecule has 0 radical (unpaired) electrons. The molecule has 7 nitrogen and oxygen atoms in total. The summed E-state index contributed by atoms with van der Waals surface area (Å²) in [4.78, 5) is 14.1. The molecular formula is C11H12Br2N6O. The molecule has 0 amide bonds. The summed E-state index contributed by atoms with van der Waals surface area (Å²) >= 11 is 6.79. The Balaban J connectivity index is 2.34. The summed E-state index contributed by atoms with van der Waals surface area (Å²) in [6, 6.07) is 5.67. The average molecular weight is 404 g/mol. The number of hydrogen-bond acceptors (Lipinski definition) is 7. The van der Waals surface area contributed by atoms with Crippen molar-refractivity contribution in [2.24, 2.45) is 5.84 Å². The number of halogens is 2. The molecule has 0 saturated heterocycles. The van der Waals surface area contributed by atoms with Gasteiger partial charge in [-0.1, -0.05) is 15.9 Å². The molecule has 0 aliphatic rings. The van der Waals surface area contributed by atoms with Gasteiger partial charge in [0.25, 0.3) is 0 Å². The monoisotopic (exact) mass is 402 g/mol. The number of benzene rings is 1. The first-order chi connectivity index (χ1) is 9.49. The molecule has 1 aromatic heterocycles. The average Bonchev–Trinajstić information content (AvgIpc) is 2.41. The molecule has 106 valence electrons. The molecule has 0 unspecified atom stereocenters. The van der Waals surface area contributed by atoms with Crippen molar-refractivity contribution < 1.29 is 4.74 Å². The smallest absolute Gasteiger partial charge is 0.328 e. The first-order valence-corrected chi connectivity index (χ1v) is 7.11. The van der Waals surface area contributed by atoms with Crippen LogP contribution in [0, 0.1) is 0 Å². The Morgan fingerprint density at radius 2 is 1.95 bits per heavy atom. The van der Waals surface area contributed by atoms with Crippen LogP contribution in [0.15, 0.2) is 27.1 Å². The highest BCUT2D eigenvalue weighted by molar-refractivity contribution is 9.11. The van der Waals surface area contributed by atoms with Crippen LogP contribution in [0.25, 0.3) is 0 Å². The predicted octanol–water partition coefficient (Wildman–Crippen LogP) is 2.54. The Kier molecular flexibility index (Phi) is 4.73. The third-order valence-corrected chi connectivity index (χ3v) is 3.34. The van der Waals surface area contributed by atoms with E-state index in [9.17, 15) is 0 Å². The number of nitrogens with one attached hydrogen (secondary N) is 1. The maximum absolute atomic E-state index is 5.65. The van der Waals surface area contributed by atoms with Crippen molar-refractivity contribution in [1.29, 1.82) is 0 Å². The van der Waals surface area contributed by atoms with Gasteiger partial charge in [-0.3, -0.25) is 5.43 Å². The van der Waals surface area contributed by atoms with E-state index >= 15 is 0 Å². The minimum absolute atomic E-state index is 0.152. The van der Waals surface area contributed by atoms with Gasteiger partial charge in [0.05, 0.1) is 4.47 Å². The Morgan fingerprint density at radius 3 is 2.55 bits per heavy atom. The molecule has 2 aromatic rings. The molecule has 2 rings (SSSR count). The van der Waals surface area contributed by atoms with E-state index in [1.54, 1.807) is 11.0 Å². The Hall–Kier alpha value is -1.45. The summed E-state index contributed by atoms with van der Waals surface area (Å²) in [6.45, 7) is 0. The maximum atomic E-state index is 5.65. The van der Waals surface area contributed by atoms with E-state index in [1.165, 1.54) is 0 Å². The number of anilines is 2. The maximum Gasteiger partial charge on any atom is 0.328 e. The van der Waals surface area contributed by atoms with Gasteiger partial charge in [-0.25, -0.2) is 5.84 Å². The number of nitrogens with zero attached hydrogens (tertiary/aromatic N) is 4. The van der Waals surface area contributed by atoms with Crippen molar-refractivity contribution in [1.82, 2.24) is 15.0 Å². The molecular weight excluding hydrogens is 392 g/mol. The second-order valence-corrected chi connectivity index (χ2v) is 5.73. The van der Waals surface area contributed by atoms with Crippen LogP contribution in [0.4, 0.5) is 11.9 Å². The Labute approximate surface area is 132 Å². The summed E-state index contributed by atoms with van der Waals surface area (Å²) in [5.41, 5.74) is 2.38. The van der Waals surface area contributed by atoms with Gasteiger partial charge in [-0.2, -0.15) is 15.0 Å². The highest BCUT2D eigenvalue weighted by Gasteiger charge is 2.11. The minimum Gasteiger partial charge on any atom is -0.423 e. The van der Waals surface area contributed by atoms with E-state index in [4.69, 9.17) is 10.6 Å². The summed E-state index contributed by atoms with van der Waals surface area (Å²) in [7, 11) is 3.63. The van der Waals surface area contributed by atoms with Gasteiger partial charge in [0.2, 0.25) is 11.9 Å². The van der Waals surface area contributed by atoms with Gasteiger partial charge in [-0.05, 0) is 34.1 Å². The third kappa shape index (κ3) is 3.56. The minimum atomic E-state index is 0.152. The molecule has 0 fully saturated rings. The number of nitrogen functional groups attached to an aromatic ring is 1. The summed E-state index contributed by atoms with van der Waals surface area (Å²) < 4.78 is 7.36. The van der Waals surface area contributed by atoms with Gasteiger partial charge in [0, 0.05) is 18.6 Å². The predicted molar refractivity (Wildman–Crippen MR) is 83.9 cm³/mol. The first-order valence-electron chi connectivity index (χ1n) is 5.52. The molecule has 0 spiro atoms. The van der Waals surface area contributed by atoms with E-state index in [-0.39, 0.29) is 12.0 Å². The Morgan fingerprint density at radius 1 is 1.20 bits per heavy atom. The molecule has 0 aliphatic heterocycles. The van der Waals surface area contributed by atoms with Crippen LogP contribution < -0.4 is 20.9 Å². The van der Waals surface area contributed by atoms with Crippen molar-refractivity contribution in [3.8, 4) is 11.8 Å². The number of hydrogen-bond donors (Lipinski definition) is 2. The second-order valence-electron chi connectivity index (χ2n) is 3.96. The van der Waals surface area contributed by atoms with Gasteiger partial charge in [0.15, 0.2) is 0 Å². The van der Waals surface area contributed by atoms with E-state index < -0.39 is 0 Å². The van der Waals surface area contributed by atoms with Crippen LogP contribution in [0.2, 0.25) is 0 Å². The lowest BCUT2D eigenvalue weighted by Crippen LogP contribution is -2.17. The van der Waals surface area contributed by atoms with E-state index in [2.05, 4.69) is 52.2 Å². The standard InChI is InChI=1S/C11H12Br2N6O/c1-19(2)10-15-9(18-14)16-11(17-10)20-8-4-3-6(12)5-7(8)13/h3-5H,14H2,1-2H3,(H,15,16,17,18). The van der Waals surface area contributed by atoms with Crippen LogP contribution in [0.3, 0.4) is 0 Å². The summed E-state index contributed by atoms with van der Waals surface area (Å²) in [6.07, 6.45) is 0. The molecule has 0 bridgehead atoms. The largest absolute Gasteiger partial charge is 0.423 e. The topological polar surface area (TPSA) is 89.2 Å². The van der Waals surface area contributed by atoms with Crippen molar-refractivity contribution in [3.63, 3.8) is 0 Å². The highest BCUT2D eigenvalue weighted by atomic mass is 79.9. The van der Waals surface area contributed by atoms with Crippen LogP contribution in [0.5, 0.6) is 11.8 Å². The van der Waals surface area contributed by atoms with Gasteiger partial charge >= 0.3 is 6.01 Å². The van der Waals surface area contributed by atoms with Gasteiger partial charge in [-0.15, -0.1) is 0 Å². The Bertz CT molecular complexity index is 622. The van der Waals surface area contributed by atoms with Crippen LogP contribution >= 0.6 is 31.9 Å². The fraction of sp³-hybridized carbons (Fsp3) is 0.182. The van der Waals surface area contributed by atoms with Gasteiger partial charge < -0.3 is 9.64 Å². The van der Waals surface area contributed by atoms with Crippen molar-refractivity contribution >= 4 is 43.8 Å². The third-order valence-electron chi connectivity index (χ3n) is 2.23. The van der Waals surface area contributed by atoms with Crippen molar-refractivity contribution in [2.45, 2.75) is 0 Å². The molecule has 3 N–H and O–H groups in total. The highest BCUT2D eigenvalue weighted by Crippen LogP contribution is 2.31. The zero-order valence-corrected chi connectivity index (χ0v) is 13.9. The number of ether oxygens (including phenoxy) is 1. The van der Waals surface area contributed by atoms with Crippen LogP contribution in [-0.4, -0.2) is 29.0 Å². The van der Waals surface area contributed by atoms with Crippen LogP contribution in [0.1, 0.15) is 0 Å². The molecule has 1 heterocycles. The summed E-state index contributed by atoms with van der Waals surface area (Å²) in [5, 5.41) is 0. The molecule has 0 aliphatic carbocycles.